The number of para-hydroxylation sites is 2. The Balaban J connectivity index is 1.37. The van der Waals surface area contributed by atoms with E-state index >= 15 is 0 Å². The first-order valence-corrected chi connectivity index (χ1v) is 15.2. The lowest BCUT2D eigenvalue weighted by molar-refractivity contribution is -0.182. The number of ether oxygens (including phenoxy) is 1. The topological polar surface area (TPSA) is 146 Å². The second-order valence-electron chi connectivity index (χ2n) is 12.3. The number of imide groups is 1. The zero-order chi connectivity index (χ0) is 29.6. The molecule has 6 N–H and O–H groups in total. The Morgan fingerprint density at radius 1 is 1.00 bits per heavy atom. The normalized spacial score (nSPS) is 27.9. The van der Waals surface area contributed by atoms with Gasteiger partial charge in [-0.2, -0.15) is 0 Å². The predicted octanol–water partition coefficient (Wildman–Crippen LogP) is 3.52. The van der Waals surface area contributed by atoms with Crippen molar-refractivity contribution in [1.82, 2.24) is 19.8 Å². The summed E-state index contributed by atoms with van der Waals surface area (Å²) in [5, 5.41) is 27.8. The average Bonchev–Trinajstić information content (AvgIpc) is 3.74. The summed E-state index contributed by atoms with van der Waals surface area (Å²) in [5.41, 5.74) is 10.2. The number of carbonyl (C=O) groups excluding carboxylic acids is 2. The standard InChI is InChI=1S/C33H35N5O5/c1-16-31(40)23(39)15-24(43-16)38-22-12-5-3-8-18(22)26-28-27(25-17-7-2-4-10-20(17)36-29(25)30(26)38)32(41)37(33(28)42)14-13-35-21-11-6-9-19(21)34/h2-5,7-8,10,12,16,19,21,23-24,31,35-36,39-40H,6,9,11,13-15,34H2,1H3/t16?,19-,21-,23?,24?,31?/m1/s1. The zero-order valence-electron chi connectivity index (χ0n) is 23.9. The fourth-order valence-electron chi connectivity index (χ4n) is 7.70. The largest absolute Gasteiger partial charge is 0.390 e. The summed E-state index contributed by atoms with van der Waals surface area (Å²) in [6.45, 7) is 2.46. The molecule has 5 aromatic rings. The van der Waals surface area contributed by atoms with E-state index in [0.29, 0.717) is 28.4 Å². The quantitative estimate of drug-likeness (QED) is 0.200. The first kappa shape index (κ1) is 26.8. The Hall–Kier alpha value is -3.80. The number of amides is 2. The number of aromatic amines is 1. The van der Waals surface area contributed by atoms with Gasteiger partial charge in [-0.3, -0.25) is 14.5 Å². The van der Waals surface area contributed by atoms with Crippen molar-refractivity contribution >= 4 is 55.4 Å². The molecule has 0 radical (unpaired) electrons. The highest BCUT2D eigenvalue weighted by molar-refractivity contribution is 6.39. The van der Waals surface area contributed by atoms with E-state index in [9.17, 15) is 19.8 Å². The van der Waals surface area contributed by atoms with E-state index in [2.05, 4.69) is 10.3 Å². The molecular formula is C33H35N5O5. The van der Waals surface area contributed by atoms with Crippen LogP contribution in [0, 0.1) is 0 Å². The second-order valence-corrected chi connectivity index (χ2v) is 12.3. The lowest BCUT2D eigenvalue weighted by Crippen LogP contribution is -2.45. The number of nitrogens with two attached hydrogens (primary N) is 1. The Morgan fingerprint density at radius 2 is 1.72 bits per heavy atom. The molecule has 4 unspecified atom stereocenters. The monoisotopic (exact) mass is 581 g/mol. The highest BCUT2D eigenvalue weighted by Crippen LogP contribution is 2.47. The number of hydrogen-bond donors (Lipinski definition) is 5. The van der Waals surface area contributed by atoms with Crippen molar-refractivity contribution in [3.05, 3.63) is 59.7 Å². The summed E-state index contributed by atoms with van der Waals surface area (Å²) >= 11 is 0. The Bertz CT molecular complexity index is 1930. The summed E-state index contributed by atoms with van der Waals surface area (Å²) < 4.78 is 8.34. The minimum atomic E-state index is -0.998. The van der Waals surface area contributed by atoms with Crippen LogP contribution < -0.4 is 11.1 Å². The van der Waals surface area contributed by atoms with Gasteiger partial charge in [0.15, 0.2) is 0 Å². The van der Waals surface area contributed by atoms with Crippen molar-refractivity contribution in [2.45, 2.75) is 69.2 Å². The lowest BCUT2D eigenvalue weighted by Gasteiger charge is -2.36. The van der Waals surface area contributed by atoms with Crippen LogP contribution in [0.5, 0.6) is 0 Å². The molecule has 10 nitrogen and oxygen atoms in total. The number of fused-ring (bicyclic) bond motifs is 10. The summed E-state index contributed by atoms with van der Waals surface area (Å²) in [6.07, 6.45) is 0.0392. The fraction of sp³-hybridized carbons (Fsp3) is 0.394. The highest BCUT2D eigenvalue weighted by atomic mass is 16.5. The van der Waals surface area contributed by atoms with Gasteiger partial charge in [-0.05, 0) is 31.9 Å². The maximum Gasteiger partial charge on any atom is 0.262 e. The molecule has 2 fully saturated rings. The fourth-order valence-corrected chi connectivity index (χ4v) is 7.70. The van der Waals surface area contributed by atoms with Crippen molar-refractivity contribution in [1.29, 1.82) is 0 Å². The molecule has 3 aromatic carbocycles. The zero-order valence-corrected chi connectivity index (χ0v) is 23.9. The van der Waals surface area contributed by atoms with Gasteiger partial charge in [0.05, 0.1) is 39.9 Å². The van der Waals surface area contributed by atoms with Crippen LogP contribution in [-0.4, -0.2) is 80.0 Å². The number of hydrogen-bond acceptors (Lipinski definition) is 7. The third-order valence-electron chi connectivity index (χ3n) is 9.81. The molecule has 3 aliphatic rings. The summed E-state index contributed by atoms with van der Waals surface area (Å²) in [6, 6.07) is 15.9. The Kier molecular flexibility index (Phi) is 6.15. The van der Waals surface area contributed by atoms with E-state index in [-0.39, 0.29) is 36.9 Å². The van der Waals surface area contributed by atoms with Gasteiger partial charge in [0, 0.05) is 58.7 Å². The van der Waals surface area contributed by atoms with Gasteiger partial charge >= 0.3 is 0 Å². The third kappa shape index (κ3) is 3.84. The molecule has 6 atom stereocenters. The summed E-state index contributed by atoms with van der Waals surface area (Å²) in [7, 11) is 0. The maximum absolute atomic E-state index is 14.3. The maximum atomic E-state index is 14.3. The molecule has 8 rings (SSSR count). The lowest BCUT2D eigenvalue weighted by atomic mass is 9.96. The van der Waals surface area contributed by atoms with E-state index in [1.165, 1.54) is 4.90 Å². The van der Waals surface area contributed by atoms with E-state index in [4.69, 9.17) is 10.5 Å². The van der Waals surface area contributed by atoms with Gasteiger partial charge in [-0.15, -0.1) is 0 Å². The van der Waals surface area contributed by atoms with Crippen LogP contribution in [0.3, 0.4) is 0 Å². The van der Waals surface area contributed by atoms with E-state index in [1.807, 2.05) is 53.1 Å². The van der Waals surface area contributed by atoms with Crippen molar-refractivity contribution < 1.29 is 24.5 Å². The summed E-state index contributed by atoms with van der Waals surface area (Å²) in [4.78, 5) is 33.5. The Morgan fingerprint density at radius 3 is 2.47 bits per heavy atom. The minimum absolute atomic E-state index is 0.0862. The minimum Gasteiger partial charge on any atom is -0.390 e. The van der Waals surface area contributed by atoms with Crippen molar-refractivity contribution in [2.24, 2.45) is 5.73 Å². The molecule has 1 aliphatic carbocycles. The van der Waals surface area contributed by atoms with Gasteiger partial charge in [-0.1, -0.05) is 42.8 Å². The SMILES string of the molecule is CC1OC(n2c3ccccc3c3c4c(c5c6ccccc6[nH]c5c32)C(=O)N(CCN[C@@H]2CCC[C@H]2N)C4=O)CC(O)C1O. The van der Waals surface area contributed by atoms with E-state index in [0.717, 1.165) is 52.1 Å². The van der Waals surface area contributed by atoms with Crippen LogP contribution in [0.15, 0.2) is 48.5 Å². The molecule has 222 valence electrons. The van der Waals surface area contributed by atoms with Crippen LogP contribution >= 0.6 is 0 Å². The van der Waals surface area contributed by atoms with Crippen molar-refractivity contribution in [3.8, 4) is 0 Å². The van der Waals surface area contributed by atoms with Crippen LogP contribution in [0.4, 0.5) is 0 Å². The second kappa shape index (κ2) is 9.87. The molecule has 4 heterocycles. The molecule has 0 spiro atoms. The highest BCUT2D eigenvalue weighted by Gasteiger charge is 2.43. The van der Waals surface area contributed by atoms with Crippen LogP contribution in [0.2, 0.25) is 0 Å². The smallest absolute Gasteiger partial charge is 0.262 e. The number of aliphatic hydroxyl groups is 2. The molecule has 2 aliphatic heterocycles. The molecule has 10 heteroatoms. The van der Waals surface area contributed by atoms with Crippen LogP contribution in [-0.2, 0) is 4.74 Å². The number of H-pyrrole nitrogens is 1. The molecule has 2 amide bonds. The molecule has 1 saturated carbocycles. The molecule has 0 bridgehead atoms. The molecule has 1 saturated heterocycles. The number of carbonyl (C=O) groups is 2. The third-order valence-corrected chi connectivity index (χ3v) is 9.81. The number of aliphatic hydroxyl groups excluding tert-OH is 2. The molecule has 43 heavy (non-hydrogen) atoms. The van der Waals surface area contributed by atoms with Crippen LogP contribution in [0.1, 0.15) is 59.6 Å². The van der Waals surface area contributed by atoms with Crippen molar-refractivity contribution in [3.63, 3.8) is 0 Å². The average molecular weight is 582 g/mol. The van der Waals surface area contributed by atoms with Crippen molar-refractivity contribution in [2.75, 3.05) is 13.1 Å². The first-order chi connectivity index (χ1) is 20.8. The summed E-state index contributed by atoms with van der Waals surface area (Å²) in [5.74, 6) is -0.613. The number of nitrogens with zero attached hydrogens (tertiary/aromatic N) is 2. The first-order valence-electron chi connectivity index (χ1n) is 15.2. The van der Waals surface area contributed by atoms with E-state index < -0.39 is 24.5 Å². The van der Waals surface area contributed by atoms with Gasteiger partial charge < -0.3 is 35.6 Å². The molecule has 2 aromatic heterocycles. The number of benzene rings is 3. The predicted molar refractivity (Wildman–Crippen MR) is 164 cm³/mol. The van der Waals surface area contributed by atoms with Crippen LogP contribution in [0.25, 0.3) is 43.6 Å². The van der Waals surface area contributed by atoms with E-state index in [1.54, 1.807) is 6.92 Å². The van der Waals surface area contributed by atoms with Gasteiger partial charge in [0.1, 0.15) is 12.3 Å². The Labute approximate surface area is 247 Å². The van der Waals surface area contributed by atoms with Gasteiger partial charge in [0.2, 0.25) is 0 Å². The van der Waals surface area contributed by atoms with Gasteiger partial charge in [-0.25, -0.2) is 0 Å². The van der Waals surface area contributed by atoms with Gasteiger partial charge in [0.25, 0.3) is 11.8 Å². The number of aromatic nitrogens is 2. The number of nitrogens with one attached hydrogen (secondary N) is 2. The number of rotatable bonds is 5. The molecular weight excluding hydrogens is 546 g/mol.